The van der Waals surface area contributed by atoms with Gasteiger partial charge in [-0.15, -0.1) is 0 Å². The van der Waals surface area contributed by atoms with Crippen molar-refractivity contribution in [1.82, 2.24) is 0 Å². The molecule has 2 nitrogen and oxygen atoms in total. The van der Waals surface area contributed by atoms with Gasteiger partial charge in [-0.3, -0.25) is 0 Å². The summed E-state index contributed by atoms with van der Waals surface area (Å²) in [6.07, 6.45) is 4.03. The first kappa shape index (κ1) is 16.9. The molecule has 0 atom stereocenters. The lowest BCUT2D eigenvalue weighted by Crippen LogP contribution is -2.25. The third-order valence-corrected chi connectivity index (χ3v) is 4.74. The van der Waals surface area contributed by atoms with Crippen LogP contribution >= 0.6 is 0 Å². The Morgan fingerprint density at radius 3 is 2.79 bits per heavy atom. The Labute approximate surface area is 145 Å². The predicted octanol–water partition coefficient (Wildman–Crippen LogP) is 4.25. The van der Waals surface area contributed by atoms with Gasteiger partial charge in [-0.1, -0.05) is 31.5 Å². The zero-order chi connectivity index (χ0) is 17.1. The molecule has 0 N–H and O–H groups in total. The number of hydrogen-bond acceptors (Lipinski definition) is 2. The fraction of sp³-hybridized carbons (Fsp3) is 0.400. The molecule has 124 valence electrons. The molecule has 2 radical (unpaired) electrons. The van der Waals surface area contributed by atoms with Gasteiger partial charge in [0, 0.05) is 31.5 Å². The van der Waals surface area contributed by atoms with E-state index in [-0.39, 0.29) is 5.82 Å². The molecule has 24 heavy (non-hydrogen) atoms. The van der Waals surface area contributed by atoms with Crippen molar-refractivity contribution in [3.63, 3.8) is 0 Å². The third kappa shape index (κ3) is 3.58. The summed E-state index contributed by atoms with van der Waals surface area (Å²) in [5.41, 5.74) is 5.29. The molecule has 0 saturated carbocycles. The van der Waals surface area contributed by atoms with E-state index in [1.165, 1.54) is 23.7 Å². The van der Waals surface area contributed by atoms with Gasteiger partial charge >= 0.3 is 0 Å². The molecule has 0 saturated heterocycles. The van der Waals surface area contributed by atoms with Gasteiger partial charge in [-0.2, -0.15) is 0 Å². The highest BCUT2D eigenvalue weighted by Crippen LogP contribution is 2.28. The first-order valence-corrected chi connectivity index (χ1v) is 8.72. The monoisotopic (exact) mass is 322 g/mol. The lowest BCUT2D eigenvalue weighted by Gasteiger charge is -2.29. The van der Waals surface area contributed by atoms with E-state index in [0.29, 0.717) is 12.2 Å². The van der Waals surface area contributed by atoms with E-state index in [4.69, 9.17) is 7.98 Å². The van der Waals surface area contributed by atoms with Gasteiger partial charge in [0.05, 0.1) is 0 Å². The van der Waals surface area contributed by atoms with E-state index in [1.54, 1.807) is 4.81 Å². The highest BCUT2D eigenvalue weighted by atomic mass is 19.1. The Morgan fingerprint density at radius 2 is 2.04 bits per heavy atom. The van der Waals surface area contributed by atoms with Crippen LogP contribution in [0.15, 0.2) is 36.4 Å². The minimum Gasteiger partial charge on any atom is -0.421 e. The van der Waals surface area contributed by atoms with Crippen LogP contribution in [0.4, 0.5) is 15.8 Å². The molecule has 0 amide bonds. The number of fused-ring (bicyclic) bond motifs is 1. The molecule has 2 aromatic rings. The van der Waals surface area contributed by atoms with E-state index in [2.05, 4.69) is 37.1 Å². The smallest absolute Gasteiger partial charge is 0.227 e. The average Bonchev–Trinajstić information content (AvgIpc) is 2.57. The van der Waals surface area contributed by atoms with Crippen LogP contribution in [-0.2, 0) is 19.4 Å². The van der Waals surface area contributed by atoms with Gasteiger partial charge in [0.15, 0.2) is 0 Å². The molecule has 1 aliphatic heterocycles. The second-order valence-electron chi connectivity index (χ2n) is 6.64. The van der Waals surface area contributed by atoms with Crippen molar-refractivity contribution >= 4 is 19.4 Å². The second kappa shape index (κ2) is 7.29. The second-order valence-corrected chi connectivity index (χ2v) is 6.64. The van der Waals surface area contributed by atoms with Gasteiger partial charge < -0.3 is 9.71 Å². The van der Waals surface area contributed by atoms with Crippen LogP contribution < -0.4 is 9.71 Å². The largest absolute Gasteiger partial charge is 0.421 e. The van der Waals surface area contributed by atoms with Gasteiger partial charge in [0.1, 0.15) is 5.82 Å². The van der Waals surface area contributed by atoms with Crippen molar-refractivity contribution < 1.29 is 4.39 Å². The maximum Gasteiger partial charge on any atom is 0.227 e. The quantitative estimate of drug-likeness (QED) is 0.759. The topological polar surface area (TPSA) is 6.48 Å². The lowest BCUT2D eigenvalue weighted by atomic mass is 9.99. The summed E-state index contributed by atoms with van der Waals surface area (Å²) in [5.74, 6) is -0.171. The van der Waals surface area contributed by atoms with Crippen LogP contribution in [0, 0.1) is 5.82 Å². The molecule has 3 rings (SSSR count). The molecule has 0 aromatic heterocycles. The van der Waals surface area contributed by atoms with Crippen molar-refractivity contribution in [1.29, 1.82) is 0 Å². The summed E-state index contributed by atoms with van der Waals surface area (Å²) in [6, 6.07) is 11.8. The first-order valence-electron chi connectivity index (χ1n) is 8.72. The van der Waals surface area contributed by atoms with Crippen LogP contribution in [0.1, 0.15) is 36.5 Å². The van der Waals surface area contributed by atoms with Gasteiger partial charge in [-0.05, 0) is 54.2 Å². The molecule has 0 aliphatic carbocycles. The molecule has 0 spiro atoms. The van der Waals surface area contributed by atoms with Gasteiger partial charge in [0.2, 0.25) is 7.98 Å². The van der Waals surface area contributed by atoms with Crippen LogP contribution in [0.3, 0.4) is 0 Å². The zero-order valence-corrected chi connectivity index (χ0v) is 14.6. The van der Waals surface area contributed by atoms with Crippen molar-refractivity contribution in [2.45, 2.75) is 39.2 Å². The van der Waals surface area contributed by atoms with Crippen molar-refractivity contribution in [3.05, 3.63) is 58.9 Å². The molecule has 0 bridgehead atoms. The van der Waals surface area contributed by atoms with E-state index >= 15 is 0 Å². The normalized spacial score (nSPS) is 13.7. The molecule has 0 unspecified atom stereocenters. The number of benzene rings is 2. The van der Waals surface area contributed by atoms with Crippen LogP contribution in [0.2, 0.25) is 0 Å². The van der Waals surface area contributed by atoms with E-state index in [1.807, 2.05) is 12.1 Å². The summed E-state index contributed by atoms with van der Waals surface area (Å²) in [7, 11) is 8.31. The maximum atomic E-state index is 14.1. The highest BCUT2D eigenvalue weighted by Gasteiger charge is 2.14. The van der Waals surface area contributed by atoms with E-state index in [0.717, 1.165) is 36.9 Å². The Hall–Kier alpha value is -1.97. The number of hydrogen-bond donors (Lipinski definition) is 0. The molecular weight excluding hydrogens is 298 g/mol. The lowest BCUT2D eigenvalue weighted by molar-refractivity contribution is 0.607. The zero-order valence-electron chi connectivity index (χ0n) is 14.6. The van der Waals surface area contributed by atoms with Gasteiger partial charge in [0.25, 0.3) is 0 Å². The molecule has 2 aromatic carbocycles. The van der Waals surface area contributed by atoms with Crippen LogP contribution in [0.25, 0.3) is 0 Å². The minimum absolute atomic E-state index is 0.171. The molecular formula is C20H24BFN2. The van der Waals surface area contributed by atoms with Crippen LogP contribution in [-0.4, -0.2) is 21.6 Å². The van der Waals surface area contributed by atoms with Crippen LogP contribution in [0.5, 0.6) is 0 Å². The summed E-state index contributed by atoms with van der Waals surface area (Å²) < 4.78 is 14.1. The molecule has 0 fully saturated rings. The van der Waals surface area contributed by atoms with Crippen molar-refractivity contribution in [2.75, 3.05) is 23.3 Å². The number of aryl methyl sites for hydroxylation is 2. The summed E-state index contributed by atoms with van der Waals surface area (Å²) in [4.78, 5) is 3.91. The van der Waals surface area contributed by atoms with Crippen molar-refractivity contribution in [2.24, 2.45) is 0 Å². The number of halogens is 1. The standard InChI is InChI=1S/C20H24BFN2/c1-3-5-16-9-10-18(13-19(16)22)24(21)14-15-7-8-17-6-4-11-23(2)20(17)12-15/h7-10,12-13H,3-6,11,14H2,1-2H3. The predicted molar refractivity (Wildman–Crippen MR) is 100 cm³/mol. The Morgan fingerprint density at radius 1 is 1.21 bits per heavy atom. The maximum absolute atomic E-state index is 14.1. The van der Waals surface area contributed by atoms with E-state index < -0.39 is 0 Å². The number of rotatable bonds is 5. The van der Waals surface area contributed by atoms with Crippen molar-refractivity contribution in [3.8, 4) is 0 Å². The number of anilines is 2. The summed E-state index contributed by atoms with van der Waals surface area (Å²) >= 11 is 0. The molecule has 1 heterocycles. The first-order chi connectivity index (χ1) is 11.6. The Balaban J connectivity index is 1.76. The summed E-state index contributed by atoms with van der Waals surface area (Å²) in [6.45, 7) is 3.70. The van der Waals surface area contributed by atoms with E-state index in [9.17, 15) is 4.39 Å². The highest BCUT2D eigenvalue weighted by molar-refractivity contribution is 6.17. The average molecular weight is 322 g/mol. The Kier molecular flexibility index (Phi) is 5.13. The fourth-order valence-corrected chi connectivity index (χ4v) is 3.38. The fourth-order valence-electron chi connectivity index (χ4n) is 3.38. The molecule has 1 aliphatic rings. The minimum atomic E-state index is -0.171. The van der Waals surface area contributed by atoms with Gasteiger partial charge in [-0.25, -0.2) is 4.39 Å². The third-order valence-electron chi connectivity index (χ3n) is 4.74. The number of nitrogens with zero attached hydrogens (tertiary/aromatic N) is 2. The summed E-state index contributed by atoms with van der Waals surface area (Å²) in [5, 5.41) is 0. The Bertz CT molecular complexity index is 717. The SMILES string of the molecule is [B]N(Cc1ccc2c(c1)N(C)CCC2)c1ccc(CCC)c(F)c1. The molecule has 4 heteroatoms.